The molecule has 0 aliphatic rings. The van der Waals surface area contributed by atoms with Crippen molar-refractivity contribution in [2.45, 2.75) is 13.5 Å². The quantitative estimate of drug-likeness (QED) is 0.819. The predicted molar refractivity (Wildman–Crippen MR) is 61.8 cm³/mol. The van der Waals surface area contributed by atoms with Crippen LogP contribution in [-0.4, -0.2) is 9.97 Å². The van der Waals surface area contributed by atoms with E-state index >= 15 is 0 Å². The predicted octanol–water partition coefficient (Wildman–Crippen LogP) is 2.20. The SMILES string of the molecule is Cc1[nH]cnc1CNc1cccc(C#N)c1. The fraction of sp³-hybridized carbons (Fsp3) is 0.167. The fourth-order valence-corrected chi connectivity index (χ4v) is 1.45. The van der Waals surface area contributed by atoms with E-state index in [0.717, 1.165) is 17.1 Å². The second-order valence-electron chi connectivity index (χ2n) is 3.52. The number of hydrogen-bond donors (Lipinski definition) is 2. The first-order chi connectivity index (χ1) is 7.79. The molecule has 0 saturated carbocycles. The molecule has 16 heavy (non-hydrogen) atoms. The Balaban J connectivity index is 2.05. The van der Waals surface area contributed by atoms with Crippen molar-refractivity contribution in [2.24, 2.45) is 0 Å². The summed E-state index contributed by atoms with van der Waals surface area (Å²) in [5.41, 5.74) is 3.64. The van der Waals surface area contributed by atoms with Gasteiger partial charge in [0.2, 0.25) is 0 Å². The van der Waals surface area contributed by atoms with E-state index in [0.29, 0.717) is 12.1 Å². The van der Waals surface area contributed by atoms with Crippen molar-refractivity contribution >= 4 is 5.69 Å². The molecule has 0 radical (unpaired) electrons. The lowest BCUT2D eigenvalue weighted by atomic mass is 10.2. The minimum absolute atomic E-state index is 0.656. The molecule has 0 aliphatic heterocycles. The summed E-state index contributed by atoms with van der Waals surface area (Å²) in [5.74, 6) is 0. The Morgan fingerprint density at radius 1 is 1.50 bits per heavy atom. The van der Waals surface area contributed by atoms with Gasteiger partial charge in [-0.15, -0.1) is 0 Å². The van der Waals surface area contributed by atoms with Crippen LogP contribution in [0.3, 0.4) is 0 Å². The number of aromatic amines is 1. The molecule has 2 rings (SSSR count). The van der Waals surface area contributed by atoms with Gasteiger partial charge in [-0.3, -0.25) is 0 Å². The van der Waals surface area contributed by atoms with Crippen LogP contribution in [-0.2, 0) is 6.54 Å². The summed E-state index contributed by atoms with van der Waals surface area (Å²) < 4.78 is 0. The second-order valence-corrected chi connectivity index (χ2v) is 3.52. The van der Waals surface area contributed by atoms with Crippen molar-refractivity contribution in [1.29, 1.82) is 5.26 Å². The Morgan fingerprint density at radius 2 is 2.38 bits per heavy atom. The number of benzene rings is 1. The van der Waals surface area contributed by atoms with Crippen LogP contribution >= 0.6 is 0 Å². The summed E-state index contributed by atoms with van der Waals surface area (Å²) in [6, 6.07) is 9.51. The van der Waals surface area contributed by atoms with Crippen LogP contribution < -0.4 is 5.32 Å². The van der Waals surface area contributed by atoms with Crippen LogP contribution in [0.25, 0.3) is 0 Å². The highest BCUT2D eigenvalue weighted by Crippen LogP contribution is 2.11. The molecule has 4 heteroatoms. The number of aryl methyl sites for hydroxylation is 1. The number of hydrogen-bond acceptors (Lipinski definition) is 3. The smallest absolute Gasteiger partial charge is 0.0992 e. The fourth-order valence-electron chi connectivity index (χ4n) is 1.45. The molecule has 0 unspecified atom stereocenters. The highest BCUT2D eigenvalue weighted by molar-refractivity contribution is 5.49. The maximum atomic E-state index is 8.76. The van der Waals surface area contributed by atoms with Crippen LogP contribution in [0.2, 0.25) is 0 Å². The topological polar surface area (TPSA) is 64.5 Å². The second kappa shape index (κ2) is 4.49. The highest BCUT2D eigenvalue weighted by Gasteiger charge is 2.00. The molecular weight excluding hydrogens is 200 g/mol. The van der Waals surface area contributed by atoms with Gasteiger partial charge in [0.25, 0.3) is 0 Å². The van der Waals surface area contributed by atoms with Crippen LogP contribution in [0.4, 0.5) is 5.69 Å². The lowest BCUT2D eigenvalue weighted by molar-refractivity contribution is 1.05. The van der Waals surface area contributed by atoms with E-state index in [1.807, 2.05) is 25.1 Å². The molecule has 1 aromatic heterocycles. The monoisotopic (exact) mass is 212 g/mol. The molecule has 0 bridgehead atoms. The molecule has 0 saturated heterocycles. The molecule has 4 nitrogen and oxygen atoms in total. The molecule has 0 fully saturated rings. The van der Waals surface area contributed by atoms with Crippen LogP contribution in [0.5, 0.6) is 0 Å². The summed E-state index contributed by atoms with van der Waals surface area (Å²) >= 11 is 0. The third kappa shape index (κ3) is 2.20. The van der Waals surface area contributed by atoms with Crippen molar-refractivity contribution in [3.63, 3.8) is 0 Å². The minimum atomic E-state index is 0.656. The van der Waals surface area contributed by atoms with Gasteiger partial charge in [0.05, 0.1) is 30.2 Å². The average molecular weight is 212 g/mol. The zero-order chi connectivity index (χ0) is 11.4. The zero-order valence-electron chi connectivity index (χ0n) is 8.99. The van der Waals surface area contributed by atoms with E-state index in [2.05, 4.69) is 21.4 Å². The zero-order valence-corrected chi connectivity index (χ0v) is 8.99. The Labute approximate surface area is 94.0 Å². The normalized spacial score (nSPS) is 9.75. The number of nitriles is 1. The number of aromatic nitrogens is 2. The summed E-state index contributed by atoms with van der Waals surface area (Å²) in [6.07, 6.45) is 1.68. The molecule has 80 valence electrons. The third-order valence-corrected chi connectivity index (χ3v) is 2.39. The summed E-state index contributed by atoms with van der Waals surface area (Å²) in [4.78, 5) is 7.21. The molecule has 0 amide bonds. The van der Waals surface area contributed by atoms with Gasteiger partial charge in [-0.2, -0.15) is 5.26 Å². The van der Waals surface area contributed by atoms with Gasteiger partial charge in [0, 0.05) is 11.4 Å². The van der Waals surface area contributed by atoms with E-state index in [1.165, 1.54) is 0 Å². The van der Waals surface area contributed by atoms with E-state index in [4.69, 9.17) is 5.26 Å². The standard InChI is InChI=1S/C12H12N4/c1-9-12(16-8-15-9)7-14-11-4-2-3-10(5-11)6-13/h2-5,8,14H,7H2,1H3,(H,15,16). The molecular formula is C12H12N4. The first kappa shape index (κ1) is 10.2. The number of rotatable bonds is 3. The van der Waals surface area contributed by atoms with Crippen molar-refractivity contribution in [2.75, 3.05) is 5.32 Å². The molecule has 2 aromatic rings. The summed E-state index contributed by atoms with van der Waals surface area (Å²) in [6.45, 7) is 2.64. The Hall–Kier alpha value is -2.28. The highest BCUT2D eigenvalue weighted by atomic mass is 14.9. The third-order valence-electron chi connectivity index (χ3n) is 2.39. The molecule has 0 spiro atoms. The number of anilines is 1. The van der Waals surface area contributed by atoms with Gasteiger partial charge in [0.15, 0.2) is 0 Å². The van der Waals surface area contributed by atoms with Gasteiger partial charge < -0.3 is 10.3 Å². The van der Waals surface area contributed by atoms with Crippen LogP contribution in [0.1, 0.15) is 17.0 Å². The number of nitrogens with zero attached hydrogens (tertiary/aromatic N) is 2. The van der Waals surface area contributed by atoms with Crippen molar-refractivity contribution in [1.82, 2.24) is 9.97 Å². The van der Waals surface area contributed by atoms with E-state index in [1.54, 1.807) is 12.4 Å². The molecule has 0 aliphatic carbocycles. The van der Waals surface area contributed by atoms with E-state index < -0.39 is 0 Å². The van der Waals surface area contributed by atoms with E-state index in [9.17, 15) is 0 Å². The lowest BCUT2D eigenvalue weighted by Crippen LogP contribution is -2.01. The maximum absolute atomic E-state index is 8.76. The van der Waals surface area contributed by atoms with Crippen molar-refractivity contribution in [3.05, 3.63) is 47.5 Å². The Kier molecular flexibility index (Phi) is 2.88. The summed E-state index contributed by atoms with van der Waals surface area (Å²) in [7, 11) is 0. The summed E-state index contributed by atoms with van der Waals surface area (Å²) in [5, 5.41) is 12.0. The average Bonchev–Trinajstić information content (AvgIpc) is 2.72. The van der Waals surface area contributed by atoms with Gasteiger partial charge >= 0.3 is 0 Å². The van der Waals surface area contributed by atoms with Gasteiger partial charge in [-0.05, 0) is 25.1 Å². The number of nitrogens with one attached hydrogen (secondary N) is 2. The van der Waals surface area contributed by atoms with Gasteiger partial charge in [0.1, 0.15) is 0 Å². The van der Waals surface area contributed by atoms with E-state index in [-0.39, 0.29) is 0 Å². The number of imidazole rings is 1. The largest absolute Gasteiger partial charge is 0.379 e. The Morgan fingerprint density at radius 3 is 3.06 bits per heavy atom. The minimum Gasteiger partial charge on any atom is -0.379 e. The van der Waals surface area contributed by atoms with Gasteiger partial charge in [-0.1, -0.05) is 6.07 Å². The number of H-pyrrole nitrogens is 1. The molecule has 0 atom stereocenters. The van der Waals surface area contributed by atoms with Crippen LogP contribution in [0.15, 0.2) is 30.6 Å². The molecule has 1 heterocycles. The van der Waals surface area contributed by atoms with Gasteiger partial charge in [-0.25, -0.2) is 4.98 Å². The van der Waals surface area contributed by atoms with Crippen LogP contribution in [0, 0.1) is 18.3 Å². The van der Waals surface area contributed by atoms with Crippen molar-refractivity contribution < 1.29 is 0 Å². The first-order valence-corrected chi connectivity index (χ1v) is 5.02. The first-order valence-electron chi connectivity index (χ1n) is 5.02. The Bertz CT molecular complexity index is 522. The van der Waals surface area contributed by atoms with Crippen molar-refractivity contribution in [3.8, 4) is 6.07 Å². The molecule has 2 N–H and O–H groups in total. The lowest BCUT2D eigenvalue weighted by Gasteiger charge is -2.05. The maximum Gasteiger partial charge on any atom is 0.0992 e. The molecule has 1 aromatic carbocycles.